The first-order valence-electron chi connectivity index (χ1n) is 8.55. The minimum absolute atomic E-state index is 0. The van der Waals surface area contributed by atoms with Crippen molar-refractivity contribution in [3.05, 3.63) is 48.6 Å². The monoisotopic (exact) mass is 640 g/mol. The Hall–Kier alpha value is 0.667. The number of allylic oxidation sites excluding steroid dienone is 8. The molecule has 0 atom stereocenters. The predicted octanol–water partition coefficient (Wildman–Crippen LogP) is 4.96. The van der Waals surface area contributed by atoms with E-state index in [0.29, 0.717) is 0 Å². The summed E-state index contributed by atoms with van der Waals surface area (Å²) in [4.78, 5) is 23.1. The topological polar surface area (TPSA) is 58.2 Å². The first-order valence-corrected chi connectivity index (χ1v) is 19.6. The minimum Gasteiger partial charge on any atom is -0.273 e. The van der Waals surface area contributed by atoms with Crippen LogP contribution in [0.1, 0.15) is 12.8 Å². The zero-order chi connectivity index (χ0) is 19.3. The van der Waals surface area contributed by atoms with Gasteiger partial charge in [0.1, 0.15) is 0 Å². The van der Waals surface area contributed by atoms with Crippen LogP contribution in [0.5, 0.6) is 0 Å². The molecule has 156 valence electrons. The Morgan fingerprint density at radius 1 is 0.786 bits per heavy atom. The van der Waals surface area contributed by atoms with Gasteiger partial charge in [0.25, 0.3) is 0 Å². The van der Waals surface area contributed by atoms with Crippen molar-refractivity contribution in [3.63, 3.8) is 0 Å². The summed E-state index contributed by atoms with van der Waals surface area (Å²) in [5, 5.41) is 0. The molecule has 2 rings (SSSR count). The molecule has 0 radical (unpaired) electrons. The summed E-state index contributed by atoms with van der Waals surface area (Å²) in [5.74, 6) is 0. The van der Waals surface area contributed by atoms with Gasteiger partial charge in [0.15, 0.2) is 0 Å². The first kappa shape index (κ1) is 36.1. The summed E-state index contributed by atoms with van der Waals surface area (Å²) in [7, 11) is -3.43. The Balaban J connectivity index is -0.000000181. The Morgan fingerprint density at radius 2 is 1.11 bits per heavy atom. The van der Waals surface area contributed by atoms with Crippen LogP contribution in [-0.2, 0) is 26.2 Å². The smallest absolute Gasteiger partial charge is 0.273 e. The molecule has 0 heterocycles. The van der Waals surface area contributed by atoms with Crippen molar-refractivity contribution in [2.24, 2.45) is 0 Å². The Morgan fingerprint density at radius 3 is 1.25 bits per heavy atom. The van der Waals surface area contributed by atoms with Gasteiger partial charge in [-0.2, -0.15) is 12.2 Å². The zero-order valence-electron chi connectivity index (χ0n) is 17.7. The zero-order valence-corrected chi connectivity index (χ0v) is 27.8. The number of carbonyl (C=O) groups excluding carboxylic acids is 2. The van der Waals surface area contributed by atoms with Gasteiger partial charge in [0.2, 0.25) is 0 Å². The second kappa shape index (κ2) is 19.6. The van der Waals surface area contributed by atoms with Crippen LogP contribution in [0.2, 0.25) is 39.3 Å². The minimum atomic E-state index is -1.72. The largest absolute Gasteiger partial charge is 2.00 e. The van der Waals surface area contributed by atoms with Gasteiger partial charge in [-0.15, -0.1) is 37.7 Å². The average molecular weight is 643 g/mol. The van der Waals surface area contributed by atoms with E-state index in [-0.39, 0.29) is 62.1 Å². The molecule has 0 aromatic carbocycles. The van der Waals surface area contributed by atoms with E-state index in [1.807, 2.05) is 63.6 Å². The van der Waals surface area contributed by atoms with E-state index in [1.165, 1.54) is 0 Å². The molecule has 0 saturated heterocycles. The summed E-state index contributed by atoms with van der Waals surface area (Å²) in [6.45, 7) is 12.1. The van der Waals surface area contributed by atoms with Crippen molar-refractivity contribution < 1.29 is 35.8 Å². The number of amides is 2. The van der Waals surface area contributed by atoms with Crippen molar-refractivity contribution in [2.45, 2.75) is 52.1 Å². The SMILES string of the molecule is C[Si](C)(C)C(=O)[NH][InH][NH]C(=O)[Si](C)(C)C.Cl.Cl.[C-]1=CC=CC1.[C-]1=CC=CC1.[Zr+2]. The molecule has 0 bridgehead atoms. The predicted molar refractivity (Wildman–Crippen MR) is 129 cm³/mol. The third-order valence-electron chi connectivity index (χ3n) is 3.03. The third kappa shape index (κ3) is 21.4. The molecule has 0 aromatic heterocycles. The van der Waals surface area contributed by atoms with E-state index in [0.717, 1.165) is 12.8 Å². The summed E-state index contributed by atoms with van der Waals surface area (Å²) < 4.78 is 5.90. The first-order chi connectivity index (χ1) is 11.5. The number of halogens is 2. The van der Waals surface area contributed by atoms with Gasteiger partial charge in [-0.1, -0.05) is 0 Å². The van der Waals surface area contributed by atoms with Crippen LogP contribution in [0.3, 0.4) is 0 Å². The van der Waals surface area contributed by atoms with Gasteiger partial charge in [-0.05, 0) is 0 Å². The Kier molecular flexibility index (Phi) is 25.3. The number of hydrogen-bond acceptors (Lipinski definition) is 2. The fourth-order valence-corrected chi connectivity index (χ4v) is 13.9. The van der Waals surface area contributed by atoms with Crippen LogP contribution in [-0.4, -0.2) is 50.7 Å². The molecule has 0 aromatic rings. The molecule has 0 saturated carbocycles. The molecule has 2 amide bonds. The molecule has 2 N–H and O–H groups in total. The quantitative estimate of drug-likeness (QED) is 0.337. The molecule has 28 heavy (non-hydrogen) atoms. The van der Waals surface area contributed by atoms with Gasteiger partial charge in [0.05, 0.1) is 0 Å². The molecule has 0 unspecified atom stereocenters. The summed E-state index contributed by atoms with van der Waals surface area (Å²) in [6.07, 6.45) is 20.0. The van der Waals surface area contributed by atoms with Crippen LogP contribution >= 0.6 is 24.8 Å². The number of carbonyl (C=O) groups is 2. The Bertz CT molecular complexity index is 491. The maximum absolute atomic E-state index is 11.6. The van der Waals surface area contributed by atoms with Crippen molar-refractivity contribution in [3.8, 4) is 0 Å². The standard InChI is InChI=1S/2C5H5.2C4H11NOSi.2ClH.In.Zr.H/c2*1-2-4-5-3-1;2*1-7(2,3)4(5)6;;;;;/h2*1-3H,4H2;2*1-3H3,(H2,5,6);2*1H;;;/q2*-1;;;;;2*+2;/p-2. The maximum Gasteiger partial charge on any atom is 2.00 e. The molecule has 2 aliphatic carbocycles. The summed E-state index contributed by atoms with van der Waals surface area (Å²) in [5.41, 5.74) is 0.350. The third-order valence-corrected chi connectivity index (χ3v) is 11.0. The molecular weight excluding hydrogens is 609 g/mol. The number of nitrogens with one attached hydrogen (secondary N) is 2. The van der Waals surface area contributed by atoms with Gasteiger partial charge in [0, 0.05) is 0 Å². The van der Waals surface area contributed by atoms with E-state index in [2.05, 4.69) is 30.9 Å². The van der Waals surface area contributed by atoms with Gasteiger partial charge < -0.3 is 0 Å². The normalized spacial score (nSPS) is 12.6. The number of hydrogen-bond donors (Lipinski definition) is 2. The van der Waals surface area contributed by atoms with Gasteiger partial charge >= 0.3 is 132 Å². The van der Waals surface area contributed by atoms with Crippen LogP contribution in [0, 0.1) is 12.2 Å². The van der Waals surface area contributed by atoms with E-state index < -0.39 is 39.6 Å². The molecule has 10 heteroatoms. The molecule has 2 aliphatic rings. The van der Waals surface area contributed by atoms with Crippen LogP contribution in [0.4, 0.5) is 9.59 Å². The van der Waals surface area contributed by atoms with Gasteiger partial charge in [-0.3, -0.25) is 12.2 Å². The van der Waals surface area contributed by atoms with Crippen molar-refractivity contribution in [1.29, 1.82) is 0 Å². The second-order valence-corrected chi connectivity index (χ2v) is 20.6. The molecule has 0 aliphatic heterocycles. The van der Waals surface area contributed by atoms with E-state index in [9.17, 15) is 9.59 Å². The van der Waals surface area contributed by atoms with E-state index in [1.54, 1.807) is 0 Å². The van der Waals surface area contributed by atoms with E-state index in [4.69, 9.17) is 0 Å². The molecule has 0 fully saturated rings. The van der Waals surface area contributed by atoms with Crippen LogP contribution in [0.25, 0.3) is 0 Å². The maximum atomic E-state index is 11.6. The molecule has 0 spiro atoms. The van der Waals surface area contributed by atoms with Crippen molar-refractivity contribution >= 4 is 75.5 Å². The molecular formula is C18H33Cl2InN2O2Si2Zr. The second-order valence-electron chi connectivity index (χ2n) is 7.69. The van der Waals surface area contributed by atoms with Crippen LogP contribution in [0.15, 0.2) is 36.5 Å². The van der Waals surface area contributed by atoms with Crippen molar-refractivity contribution in [1.82, 2.24) is 6.61 Å². The van der Waals surface area contributed by atoms with Crippen LogP contribution < -0.4 is 6.61 Å². The van der Waals surface area contributed by atoms with E-state index >= 15 is 0 Å². The fourth-order valence-electron chi connectivity index (χ4n) is 1.42. The fraction of sp³-hybridized carbons (Fsp3) is 0.444. The summed E-state index contributed by atoms with van der Waals surface area (Å²) in [6, 6.07) is 0. The number of rotatable bonds is 4. The summed E-state index contributed by atoms with van der Waals surface area (Å²) >= 11 is -1.60. The average Bonchev–Trinajstić information content (AvgIpc) is 3.23. The van der Waals surface area contributed by atoms with Crippen molar-refractivity contribution in [2.75, 3.05) is 0 Å². The molecule has 4 nitrogen and oxygen atoms in total. The Labute approximate surface area is 216 Å². The van der Waals surface area contributed by atoms with Gasteiger partial charge in [-0.25, -0.2) is 24.3 Å².